The molecule has 2 heterocycles. The number of aromatic hydroxyl groups is 4. The van der Waals surface area contributed by atoms with Gasteiger partial charge in [-0.1, -0.05) is 12.1 Å². The van der Waals surface area contributed by atoms with Crippen LogP contribution in [-0.4, -0.2) is 89.2 Å². The van der Waals surface area contributed by atoms with Crippen molar-refractivity contribution in [2.75, 3.05) is 6.61 Å². The van der Waals surface area contributed by atoms with Crippen LogP contribution in [0.15, 0.2) is 76.0 Å². The van der Waals surface area contributed by atoms with Gasteiger partial charge in [0, 0.05) is 23.8 Å². The quantitative estimate of drug-likeness (QED) is 0.0809. The van der Waals surface area contributed by atoms with E-state index in [0.717, 1.165) is 18.2 Å². The molecule has 2 aliphatic heterocycles. The standard InChI is InChI=1S/C30H28O13/c31-16-5-1-14(2-6-16)3-8-25(36)40-13-24-26(37)27(38)28(39)30(43-24)42-23-12-18-20(34)10-17(32)11-22(18)41-29(23)15-4-7-19(33)21(35)9-15/h1-12,24-28,30-31,33-39H,13H2/p+1. The fourth-order valence-corrected chi connectivity index (χ4v) is 4.47. The summed E-state index contributed by atoms with van der Waals surface area (Å²) in [6, 6.07) is 13.3. The van der Waals surface area contributed by atoms with Crippen LogP contribution in [0.4, 0.5) is 0 Å². The van der Waals surface area contributed by atoms with E-state index in [2.05, 4.69) is 4.74 Å². The van der Waals surface area contributed by atoms with Crippen LogP contribution in [0.5, 0.6) is 28.7 Å². The molecule has 5 rings (SSSR count). The second-order valence-electron chi connectivity index (χ2n) is 9.86. The van der Waals surface area contributed by atoms with Crippen molar-refractivity contribution >= 4 is 6.08 Å². The minimum Gasteiger partial charge on any atom is -0.508 e. The van der Waals surface area contributed by atoms with Crippen LogP contribution in [0, 0.1) is 0 Å². The Hall–Kier alpha value is -4.63. The van der Waals surface area contributed by atoms with Crippen molar-refractivity contribution in [1.29, 1.82) is 0 Å². The number of hydrogen-bond donors (Lipinski definition) is 8. The van der Waals surface area contributed by atoms with Gasteiger partial charge in [0.1, 0.15) is 35.6 Å². The highest BCUT2D eigenvalue weighted by molar-refractivity contribution is 5.76. The number of rotatable bonds is 8. The van der Waals surface area contributed by atoms with E-state index >= 15 is 0 Å². The molecule has 1 fully saturated rings. The molecule has 6 unspecified atom stereocenters. The van der Waals surface area contributed by atoms with Gasteiger partial charge in [-0.25, -0.2) is 0 Å². The van der Waals surface area contributed by atoms with Gasteiger partial charge in [-0.2, -0.15) is 0 Å². The molecule has 0 aromatic heterocycles. The molecule has 0 bridgehead atoms. The highest BCUT2D eigenvalue weighted by atomic mass is 16.7. The third-order valence-corrected chi connectivity index (χ3v) is 6.78. The molecule has 226 valence electrons. The summed E-state index contributed by atoms with van der Waals surface area (Å²) < 4.78 is 21.5. The van der Waals surface area contributed by atoms with Crippen molar-refractivity contribution < 1.29 is 59.5 Å². The lowest BCUT2D eigenvalue weighted by atomic mass is 9.99. The van der Waals surface area contributed by atoms with Gasteiger partial charge >= 0.3 is 0 Å². The number of aliphatic hydroxyl groups is 6. The lowest BCUT2D eigenvalue weighted by Gasteiger charge is -2.39. The summed E-state index contributed by atoms with van der Waals surface area (Å²) >= 11 is 0. The summed E-state index contributed by atoms with van der Waals surface area (Å²) in [5, 5.41) is 81.5. The zero-order valence-corrected chi connectivity index (χ0v) is 22.3. The molecule has 0 amide bonds. The summed E-state index contributed by atoms with van der Waals surface area (Å²) in [5.74, 6) is -1.55. The smallest absolute Gasteiger partial charge is 0.283 e. The Balaban J connectivity index is 1.39. The first-order chi connectivity index (χ1) is 20.5. The van der Waals surface area contributed by atoms with E-state index in [1.54, 1.807) is 18.2 Å². The fraction of sp³-hybridized carbons (Fsp3) is 0.233. The maximum Gasteiger partial charge on any atom is 0.283 e. The monoisotopic (exact) mass is 597 g/mol. The van der Waals surface area contributed by atoms with Crippen LogP contribution in [-0.2, 0) is 4.74 Å². The van der Waals surface area contributed by atoms with Gasteiger partial charge in [0.25, 0.3) is 6.29 Å². The summed E-state index contributed by atoms with van der Waals surface area (Å²) in [4.78, 5) is 12.0. The summed E-state index contributed by atoms with van der Waals surface area (Å²) in [6.45, 7) is -0.320. The number of aliphatic hydroxyl groups excluding tert-OH is 4. The molecule has 0 spiro atoms. The zero-order valence-electron chi connectivity index (χ0n) is 22.3. The van der Waals surface area contributed by atoms with Crippen molar-refractivity contribution in [2.24, 2.45) is 0 Å². The Kier molecular flexibility index (Phi) is 8.54. The maximum absolute atomic E-state index is 12.0. The minimum atomic E-state index is -1.78. The topological polar surface area (TPSA) is 223 Å². The highest BCUT2D eigenvalue weighted by Gasteiger charge is 2.46. The molecular formula is C30H29O13+. The van der Waals surface area contributed by atoms with Gasteiger partial charge in [0.2, 0.25) is 6.29 Å². The SMILES string of the molecule is O=c1cc2oc(-c3ccc(O)c(O)c3)c(OC3OC(C[OH+]C(O)C=Cc4ccc(O)cc4)C(O)C(O)C3O)cc-2c(O)c1. The normalized spacial score (nSPS) is 23.0. The predicted molar refractivity (Wildman–Crippen MR) is 150 cm³/mol. The van der Waals surface area contributed by atoms with E-state index < -0.39 is 59.7 Å². The molecule has 43 heavy (non-hydrogen) atoms. The Morgan fingerprint density at radius 1 is 0.860 bits per heavy atom. The molecule has 6 atom stereocenters. The molecule has 13 heteroatoms. The second-order valence-corrected chi connectivity index (χ2v) is 9.86. The maximum atomic E-state index is 12.0. The molecule has 2 aromatic rings. The first-order valence-electron chi connectivity index (χ1n) is 13.0. The number of ether oxygens (including phenoxy) is 3. The summed E-state index contributed by atoms with van der Waals surface area (Å²) in [7, 11) is 0. The molecule has 1 aliphatic carbocycles. The number of hydrogen-bond acceptors (Lipinski definition) is 12. The minimum absolute atomic E-state index is 0.0356. The van der Waals surface area contributed by atoms with Crippen molar-refractivity contribution in [3.8, 4) is 51.4 Å². The van der Waals surface area contributed by atoms with Gasteiger partial charge in [-0.15, -0.1) is 0 Å². The number of phenols is 4. The van der Waals surface area contributed by atoms with Gasteiger partial charge < -0.3 is 59.5 Å². The highest BCUT2D eigenvalue weighted by Crippen LogP contribution is 2.43. The molecule has 0 saturated carbocycles. The zero-order chi connectivity index (χ0) is 30.8. The van der Waals surface area contributed by atoms with Crippen molar-refractivity contribution in [1.82, 2.24) is 0 Å². The first-order valence-corrected chi connectivity index (χ1v) is 13.0. The van der Waals surface area contributed by atoms with Crippen molar-refractivity contribution in [2.45, 2.75) is 37.0 Å². The van der Waals surface area contributed by atoms with E-state index in [4.69, 9.17) is 13.9 Å². The average molecular weight is 598 g/mol. The Morgan fingerprint density at radius 3 is 2.33 bits per heavy atom. The summed E-state index contributed by atoms with van der Waals surface area (Å²) in [5.41, 5.74) is 0.368. The van der Waals surface area contributed by atoms with Crippen molar-refractivity contribution in [3.05, 3.63) is 82.5 Å². The average Bonchev–Trinajstić information content (AvgIpc) is 2.98. The first kappa shape index (κ1) is 29.8. The number of fused-ring (bicyclic) bond motifs is 1. The number of phenolic OH excluding ortho intramolecular Hbond substituents is 4. The largest absolute Gasteiger partial charge is 0.508 e. The van der Waals surface area contributed by atoms with Gasteiger partial charge in [0.05, 0.1) is 5.56 Å². The number of benzene rings is 3. The predicted octanol–water partition coefficient (Wildman–Crippen LogP) is 0.980. The molecule has 13 nitrogen and oxygen atoms in total. The van der Waals surface area contributed by atoms with Gasteiger partial charge in [-0.3, -0.25) is 4.79 Å². The molecule has 0 radical (unpaired) electrons. The Morgan fingerprint density at radius 2 is 1.60 bits per heavy atom. The van der Waals surface area contributed by atoms with Crippen LogP contribution in [0.2, 0.25) is 0 Å². The van der Waals surface area contributed by atoms with Gasteiger partial charge in [0.15, 0.2) is 41.1 Å². The second kappa shape index (κ2) is 12.3. The van der Waals surface area contributed by atoms with Crippen LogP contribution in [0.25, 0.3) is 28.7 Å². The van der Waals surface area contributed by atoms with Crippen LogP contribution in [0.1, 0.15) is 5.56 Å². The Bertz CT molecular complexity index is 1630. The molecule has 1 saturated heterocycles. The van der Waals surface area contributed by atoms with Crippen LogP contribution < -0.4 is 10.2 Å². The van der Waals surface area contributed by atoms with E-state index in [9.17, 15) is 45.6 Å². The molecule has 9 N–H and O–H groups in total. The fourth-order valence-electron chi connectivity index (χ4n) is 4.47. The lowest BCUT2D eigenvalue weighted by Crippen LogP contribution is -2.60. The molecular weight excluding hydrogens is 568 g/mol. The van der Waals surface area contributed by atoms with E-state index in [1.807, 2.05) is 0 Å². The lowest BCUT2D eigenvalue weighted by molar-refractivity contribution is -0.303. The van der Waals surface area contributed by atoms with E-state index in [0.29, 0.717) is 5.56 Å². The third-order valence-electron chi connectivity index (χ3n) is 6.78. The van der Waals surface area contributed by atoms with E-state index in [1.165, 1.54) is 36.4 Å². The van der Waals surface area contributed by atoms with Crippen molar-refractivity contribution in [3.63, 3.8) is 0 Å². The molecule has 2 aromatic carbocycles. The van der Waals surface area contributed by atoms with Crippen LogP contribution >= 0.6 is 0 Å². The third kappa shape index (κ3) is 6.57. The van der Waals surface area contributed by atoms with E-state index in [-0.39, 0.29) is 40.8 Å². The Labute approximate surface area is 243 Å². The van der Waals surface area contributed by atoms with Crippen LogP contribution in [0.3, 0.4) is 0 Å². The molecule has 3 aliphatic rings. The van der Waals surface area contributed by atoms with Gasteiger partial charge in [-0.05, 0) is 48.0 Å². The summed E-state index contributed by atoms with van der Waals surface area (Å²) in [6.07, 6.45) is -6.41.